The van der Waals surface area contributed by atoms with E-state index < -0.39 is 18.6 Å². The molecular formula is C10H17F3N2O2. The van der Waals surface area contributed by atoms with Crippen molar-refractivity contribution < 1.29 is 22.7 Å². The van der Waals surface area contributed by atoms with Crippen molar-refractivity contribution in [3.63, 3.8) is 0 Å². The summed E-state index contributed by atoms with van der Waals surface area (Å²) >= 11 is 0. The zero-order chi connectivity index (χ0) is 12.9. The number of carbonyl (C=O) groups excluding carboxylic acids is 1. The fraction of sp³-hybridized carbons (Fsp3) is 0.900. The second kappa shape index (κ2) is 6.20. The van der Waals surface area contributed by atoms with Gasteiger partial charge < -0.3 is 15.0 Å². The summed E-state index contributed by atoms with van der Waals surface area (Å²) in [7, 11) is 0. The molecule has 0 radical (unpaired) electrons. The molecule has 0 spiro atoms. The number of alkyl halides is 3. The first-order valence-electron chi connectivity index (χ1n) is 5.59. The van der Waals surface area contributed by atoms with E-state index in [9.17, 15) is 18.0 Å². The number of carbonyl (C=O) groups is 1. The topological polar surface area (TPSA) is 41.6 Å². The Labute approximate surface area is 98.1 Å². The molecule has 0 aromatic carbocycles. The van der Waals surface area contributed by atoms with Gasteiger partial charge in [0.1, 0.15) is 6.54 Å². The van der Waals surface area contributed by atoms with Crippen LogP contribution in [-0.4, -0.2) is 55.9 Å². The minimum atomic E-state index is -4.35. The van der Waals surface area contributed by atoms with Crippen molar-refractivity contribution in [2.24, 2.45) is 0 Å². The van der Waals surface area contributed by atoms with E-state index in [2.05, 4.69) is 5.32 Å². The smallest absolute Gasteiger partial charge is 0.375 e. The van der Waals surface area contributed by atoms with Crippen molar-refractivity contribution in [2.45, 2.75) is 25.6 Å². The molecule has 1 aliphatic rings. The largest absolute Gasteiger partial charge is 0.406 e. The number of nitrogens with one attached hydrogen (secondary N) is 1. The number of nitrogens with zero attached hydrogens (tertiary/aromatic N) is 1. The second-order valence-corrected chi connectivity index (χ2v) is 3.92. The van der Waals surface area contributed by atoms with Crippen molar-refractivity contribution in [3.8, 4) is 0 Å². The molecule has 0 aliphatic carbocycles. The average molecular weight is 254 g/mol. The Morgan fingerprint density at radius 2 is 2.24 bits per heavy atom. The fourth-order valence-corrected chi connectivity index (χ4v) is 1.67. The van der Waals surface area contributed by atoms with E-state index in [1.807, 2.05) is 0 Å². The van der Waals surface area contributed by atoms with Gasteiger partial charge in [-0.3, -0.25) is 4.79 Å². The van der Waals surface area contributed by atoms with E-state index in [0.29, 0.717) is 19.7 Å². The Bertz CT molecular complexity index is 252. The van der Waals surface area contributed by atoms with Gasteiger partial charge in [-0.05, 0) is 6.92 Å². The molecule has 1 fully saturated rings. The van der Waals surface area contributed by atoms with Crippen LogP contribution in [0.1, 0.15) is 13.3 Å². The quantitative estimate of drug-likeness (QED) is 0.806. The number of morpholine rings is 1. The molecule has 1 amide bonds. The zero-order valence-corrected chi connectivity index (χ0v) is 9.72. The predicted molar refractivity (Wildman–Crippen MR) is 55.5 cm³/mol. The maximum absolute atomic E-state index is 12.2. The van der Waals surface area contributed by atoms with Gasteiger partial charge in [0.2, 0.25) is 5.91 Å². The van der Waals surface area contributed by atoms with Gasteiger partial charge in [0.25, 0.3) is 0 Å². The molecule has 1 saturated heterocycles. The van der Waals surface area contributed by atoms with Gasteiger partial charge in [-0.15, -0.1) is 0 Å². The minimum absolute atomic E-state index is 0.00306. The van der Waals surface area contributed by atoms with Crippen LogP contribution in [0.4, 0.5) is 13.2 Å². The summed E-state index contributed by atoms with van der Waals surface area (Å²) in [6.07, 6.45) is -4.67. The lowest BCUT2D eigenvalue weighted by Crippen LogP contribution is -2.44. The van der Waals surface area contributed by atoms with Gasteiger partial charge in [0.05, 0.1) is 19.1 Å². The zero-order valence-electron chi connectivity index (χ0n) is 9.72. The standard InChI is InChI=1S/C10H17F3N2O2/c1-2-15(7-10(11,12)13)9(16)5-8-6-14-3-4-17-8/h8,14H,2-7H2,1H3. The van der Waals surface area contributed by atoms with E-state index >= 15 is 0 Å². The van der Waals surface area contributed by atoms with Crippen LogP contribution >= 0.6 is 0 Å². The molecule has 1 atom stereocenters. The molecule has 0 aromatic rings. The summed E-state index contributed by atoms with van der Waals surface area (Å²) in [6.45, 7) is 2.11. The van der Waals surface area contributed by atoms with Gasteiger partial charge in [0.15, 0.2) is 0 Å². The maximum Gasteiger partial charge on any atom is 0.406 e. The van der Waals surface area contributed by atoms with E-state index in [0.717, 1.165) is 4.90 Å². The van der Waals surface area contributed by atoms with Crippen LogP contribution in [0.5, 0.6) is 0 Å². The highest BCUT2D eigenvalue weighted by Crippen LogP contribution is 2.17. The molecule has 4 nitrogen and oxygen atoms in total. The van der Waals surface area contributed by atoms with Gasteiger partial charge >= 0.3 is 6.18 Å². The molecule has 0 saturated carbocycles. The minimum Gasteiger partial charge on any atom is -0.375 e. The van der Waals surface area contributed by atoms with Crippen LogP contribution in [0.2, 0.25) is 0 Å². The molecule has 1 rings (SSSR count). The van der Waals surface area contributed by atoms with Crippen molar-refractivity contribution >= 4 is 5.91 Å². The summed E-state index contributed by atoms with van der Waals surface area (Å²) < 4.78 is 41.9. The first-order chi connectivity index (χ1) is 7.92. The number of hydrogen-bond acceptors (Lipinski definition) is 3. The van der Waals surface area contributed by atoms with E-state index in [1.165, 1.54) is 6.92 Å². The third-order valence-electron chi connectivity index (χ3n) is 2.51. The molecule has 17 heavy (non-hydrogen) atoms. The molecule has 7 heteroatoms. The third-order valence-corrected chi connectivity index (χ3v) is 2.51. The van der Waals surface area contributed by atoms with Crippen LogP contribution in [0, 0.1) is 0 Å². The SMILES string of the molecule is CCN(CC(F)(F)F)C(=O)CC1CNCCO1. The Morgan fingerprint density at radius 3 is 2.71 bits per heavy atom. The Balaban J connectivity index is 2.42. The van der Waals surface area contributed by atoms with Crippen LogP contribution < -0.4 is 5.32 Å². The summed E-state index contributed by atoms with van der Waals surface area (Å²) in [5.41, 5.74) is 0. The van der Waals surface area contributed by atoms with Crippen molar-refractivity contribution in [1.82, 2.24) is 10.2 Å². The monoisotopic (exact) mass is 254 g/mol. The third kappa shape index (κ3) is 5.36. The lowest BCUT2D eigenvalue weighted by Gasteiger charge is -2.27. The van der Waals surface area contributed by atoms with Crippen LogP contribution in [0.3, 0.4) is 0 Å². The Morgan fingerprint density at radius 1 is 1.53 bits per heavy atom. The molecule has 1 heterocycles. The van der Waals surface area contributed by atoms with E-state index in [4.69, 9.17) is 4.74 Å². The first-order valence-corrected chi connectivity index (χ1v) is 5.59. The summed E-state index contributed by atoms with van der Waals surface area (Å²) in [5.74, 6) is -0.515. The summed E-state index contributed by atoms with van der Waals surface area (Å²) in [4.78, 5) is 12.4. The highest BCUT2D eigenvalue weighted by atomic mass is 19.4. The molecular weight excluding hydrogens is 237 g/mol. The average Bonchev–Trinajstić information content (AvgIpc) is 2.26. The second-order valence-electron chi connectivity index (χ2n) is 3.92. The predicted octanol–water partition coefficient (Wildman–Crippen LogP) is 0.776. The molecule has 0 aromatic heterocycles. The van der Waals surface area contributed by atoms with E-state index in [1.54, 1.807) is 0 Å². The van der Waals surface area contributed by atoms with Gasteiger partial charge in [-0.2, -0.15) is 13.2 Å². The van der Waals surface area contributed by atoms with Crippen molar-refractivity contribution in [3.05, 3.63) is 0 Å². The lowest BCUT2D eigenvalue weighted by atomic mass is 10.2. The van der Waals surface area contributed by atoms with Gasteiger partial charge in [-0.25, -0.2) is 0 Å². The number of amides is 1. The lowest BCUT2D eigenvalue weighted by molar-refractivity contribution is -0.162. The van der Waals surface area contributed by atoms with Crippen LogP contribution in [0.25, 0.3) is 0 Å². The van der Waals surface area contributed by atoms with Gasteiger partial charge in [-0.1, -0.05) is 0 Å². The number of rotatable bonds is 4. The van der Waals surface area contributed by atoms with Crippen LogP contribution in [-0.2, 0) is 9.53 Å². The van der Waals surface area contributed by atoms with Crippen molar-refractivity contribution in [2.75, 3.05) is 32.8 Å². The molecule has 1 aliphatic heterocycles. The van der Waals surface area contributed by atoms with Crippen molar-refractivity contribution in [1.29, 1.82) is 0 Å². The Kier molecular flexibility index (Phi) is 5.20. The number of halogens is 3. The first kappa shape index (κ1) is 14.2. The summed E-state index contributed by atoms with van der Waals surface area (Å²) in [6, 6.07) is 0. The van der Waals surface area contributed by atoms with Crippen LogP contribution in [0.15, 0.2) is 0 Å². The maximum atomic E-state index is 12.2. The molecule has 100 valence electrons. The summed E-state index contributed by atoms with van der Waals surface area (Å²) in [5, 5.41) is 3.03. The number of hydrogen-bond donors (Lipinski definition) is 1. The normalized spacial score (nSPS) is 21.3. The highest BCUT2D eigenvalue weighted by molar-refractivity contribution is 5.76. The van der Waals surface area contributed by atoms with E-state index in [-0.39, 0.29) is 19.1 Å². The van der Waals surface area contributed by atoms with Gasteiger partial charge in [0, 0.05) is 19.6 Å². The molecule has 1 N–H and O–H groups in total. The molecule has 0 bridgehead atoms. The Hall–Kier alpha value is -0.820. The highest BCUT2D eigenvalue weighted by Gasteiger charge is 2.33. The fourth-order valence-electron chi connectivity index (χ4n) is 1.67. The number of ether oxygens (including phenoxy) is 1. The molecule has 1 unspecified atom stereocenters.